The zero-order chi connectivity index (χ0) is 17.3. The van der Waals surface area contributed by atoms with Crippen LogP contribution < -0.4 is 4.90 Å². The molecule has 1 aliphatic rings. The molecule has 1 saturated heterocycles. The number of oxime groups is 1. The first-order chi connectivity index (χ1) is 12.4. The van der Waals surface area contributed by atoms with Crippen molar-refractivity contribution < 1.29 is 4.84 Å². The summed E-state index contributed by atoms with van der Waals surface area (Å²) < 4.78 is 0. The molecule has 6 nitrogen and oxygen atoms in total. The van der Waals surface area contributed by atoms with Crippen molar-refractivity contribution >= 4 is 11.7 Å². The van der Waals surface area contributed by atoms with Gasteiger partial charge in [-0.25, -0.2) is 9.97 Å². The minimum absolute atomic E-state index is 0.589. The van der Waals surface area contributed by atoms with E-state index in [0.717, 1.165) is 56.4 Å². The summed E-state index contributed by atoms with van der Waals surface area (Å²) >= 11 is 0. The van der Waals surface area contributed by atoms with Crippen molar-refractivity contribution in [3.8, 4) is 0 Å². The summed E-state index contributed by atoms with van der Waals surface area (Å²) in [6, 6.07) is 12.1. The largest absolute Gasteiger partial charge is 0.396 e. The average molecular weight is 339 g/mol. The molecule has 1 fully saturated rings. The van der Waals surface area contributed by atoms with Crippen molar-refractivity contribution in [2.45, 2.75) is 13.3 Å². The smallest absolute Gasteiger partial charge is 0.225 e. The monoisotopic (exact) mass is 339 g/mol. The lowest BCUT2D eigenvalue weighted by atomic mass is 10.1. The van der Waals surface area contributed by atoms with Gasteiger partial charge in [-0.2, -0.15) is 0 Å². The summed E-state index contributed by atoms with van der Waals surface area (Å²) in [5, 5.41) is 4.32. The van der Waals surface area contributed by atoms with E-state index in [9.17, 15) is 0 Å². The first-order valence-corrected chi connectivity index (χ1v) is 8.85. The lowest BCUT2D eigenvalue weighted by Crippen LogP contribution is -2.47. The fourth-order valence-electron chi connectivity index (χ4n) is 2.91. The fourth-order valence-corrected chi connectivity index (χ4v) is 2.91. The van der Waals surface area contributed by atoms with Crippen molar-refractivity contribution in [1.29, 1.82) is 0 Å². The molecule has 1 aliphatic heterocycles. The molecular formula is C19H25N5O. The van der Waals surface area contributed by atoms with Gasteiger partial charge in [-0.1, -0.05) is 35.5 Å². The van der Waals surface area contributed by atoms with Gasteiger partial charge in [-0.05, 0) is 18.6 Å². The number of aromatic nitrogens is 2. The molecule has 25 heavy (non-hydrogen) atoms. The molecule has 0 unspecified atom stereocenters. The maximum absolute atomic E-state index is 5.31. The highest BCUT2D eigenvalue weighted by molar-refractivity contribution is 6.00. The van der Waals surface area contributed by atoms with E-state index >= 15 is 0 Å². The maximum Gasteiger partial charge on any atom is 0.225 e. The van der Waals surface area contributed by atoms with E-state index in [1.807, 2.05) is 31.2 Å². The van der Waals surface area contributed by atoms with Crippen molar-refractivity contribution in [2.24, 2.45) is 5.16 Å². The first-order valence-electron chi connectivity index (χ1n) is 8.85. The minimum atomic E-state index is 0.589. The van der Waals surface area contributed by atoms with Crippen LogP contribution in [0.5, 0.6) is 0 Å². The molecule has 3 rings (SSSR count). The topological polar surface area (TPSA) is 53.9 Å². The maximum atomic E-state index is 5.31. The zero-order valence-electron chi connectivity index (χ0n) is 14.7. The van der Waals surface area contributed by atoms with Gasteiger partial charge in [-0.15, -0.1) is 0 Å². The Morgan fingerprint density at radius 1 is 1.04 bits per heavy atom. The highest BCUT2D eigenvalue weighted by Gasteiger charge is 2.19. The molecule has 0 bridgehead atoms. The van der Waals surface area contributed by atoms with E-state index in [1.165, 1.54) is 0 Å². The highest BCUT2D eigenvalue weighted by atomic mass is 16.6. The molecule has 0 atom stereocenters. The summed E-state index contributed by atoms with van der Waals surface area (Å²) in [6.45, 7) is 7.44. The van der Waals surface area contributed by atoms with Gasteiger partial charge in [0.05, 0.1) is 5.71 Å². The van der Waals surface area contributed by atoms with Crippen molar-refractivity contribution in [2.75, 3.05) is 44.2 Å². The molecule has 0 amide bonds. The molecule has 0 saturated carbocycles. The van der Waals surface area contributed by atoms with Crippen LogP contribution in [0.4, 0.5) is 5.95 Å². The van der Waals surface area contributed by atoms with Gasteiger partial charge in [0.1, 0.15) is 6.61 Å². The van der Waals surface area contributed by atoms with Crippen LogP contribution in [-0.2, 0) is 4.84 Å². The van der Waals surface area contributed by atoms with Crippen LogP contribution in [0.15, 0.2) is 53.9 Å². The van der Waals surface area contributed by atoms with Crippen LogP contribution in [0.25, 0.3) is 0 Å². The van der Waals surface area contributed by atoms with Gasteiger partial charge >= 0.3 is 0 Å². The lowest BCUT2D eigenvalue weighted by Gasteiger charge is -2.34. The van der Waals surface area contributed by atoms with E-state index in [1.54, 1.807) is 12.4 Å². The number of piperazine rings is 1. The van der Waals surface area contributed by atoms with Crippen molar-refractivity contribution in [3.05, 3.63) is 54.4 Å². The number of benzene rings is 1. The summed E-state index contributed by atoms with van der Waals surface area (Å²) in [5.74, 6) is 0.824. The van der Waals surface area contributed by atoms with Crippen LogP contribution in [0.1, 0.15) is 18.9 Å². The van der Waals surface area contributed by atoms with E-state index < -0.39 is 0 Å². The summed E-state index contributed by atoms with van der Waals surface area (Å²) in [7, 11) is 0. The van der Waals surface area contributed by atoms with Crippen molar-refractivity contribution in [3.63, 3.8) is 0 Å². The predicted molar refractivity (Wildman–Crippen MR) is 99.9 cm³/mol. The van der Waals surface area contributed by atoms with Gasteiger partial charge in [-0.3, -0.25) is 4.90 Å². The molecule has 6 heteroatoms. The molecule has 0 radical (unpaired) electrons. The van der Waals surface area contributed by atoms with Gasteiger partial charge in [0, 0.05) is 51.5 Å². The standard InChI is InChI=1S/C19H25N5O/c1-2-25-22-18(17-7-4-3-5-8-17)9-12-23-13-15-24(16-14-23)19-20-10-6-11-21-19/h3-8,10-11H,2,9,12-16H2,1H3. The van der Waals surface area contributed by atoms with Gasteiger partial charge in [0.15, 0.2) is 0 Å². The predicted octanol–water partition coefficient (Wildman–Crippen LogP) is 2.43. The Bertz CT molecular complexity index is 654. The van der Waals surface area contributed by atoms with E-state index in [2.05, 4.69) is 37.1 Å². The molecule has 0 aliphatic carbocycles. The lowest BCUT2D eigenvalue weighted by molar-refractivity contribution is 0.157. The Morgan fingerprint density at radius 2 is 1.76 bits per heavy atom. The second-order valence-electron chi connectivity index (χ2n) is 5.95. The first kappa shape index (κ1) is 17.4. The second-order valence-corrected chi connectivity index (χ2v) is 5.95. The van der Waals surface area contributed by atoms with Crippen molar-refractivity contribution in [1.82, 2.24) is 14.9 Å². The summed E-state index contributed by atoms with van der Waals surface area (Å²) in [5.41, 5.74) is 2.14. The molecule has 2 aromatic rings. The number of rotatable bonds is 7. The molecule has 0 spiro atoms. The van der Waals surface area contributed by atoms with Crippen LogP contribution in [-0.4, -0.2) is 59.9 Å². The zero-order valence-corrected chi connectivity index (χ0v) is 14.7. The quantitative estimate of drug-likeness (QED) is 0.573. The third-order valence-electron chi connectivity index (χ3n) is 4.28. The molecule has 1 aromatic heterocycles. The SMILES string of the molecule is CCON=C(CCN1CCN(c2ncccn2)CC1)c1ccccc1. The Labute approximate surface area is 149 Å². The van der Waals surface area contributed by atoms with Gasteiger partial charge in [0.25, 0.3) is 0 Å². The van der Waals surface area contributed by atoms with Gasteiger partial charge in [0.2, 0.25) is 5.95 Å². The van der Waals surface area contributed by atoms with Crippen LogP contribution in [0.2, 0.25) is 0 Å². The molecule has 2 heterocycles. The Morgan fingerprint density at radius 3 is 2.44 bits per heavy atom. The highest BCUT2D eigenvalue weighted by Crippen LogP contribution is 2.11. The molecule has 132 valence electrons. The number of hydrogen-bond donors (Lipinski definition) is 0. The third-order valence-corrected chi connectivity index (χ3v) is 4.28. The van der Waals surface area contributed by atoms with E-state index in [0.29, 0.717) is 6.61 Å². The summed E-state index contributed by atoms with van der Waals surface area (Å²) in [6.07, 6.45) is 4.47. The number of hydrogen-bond acceptors (Lipinski definition) is 6. The Balaban J connectivity index is 1.52. The molecule has 0 N–H and O–H groups in total. The van der Waals surface area contributed by atoms with Gasteiger partial charge < -0.3 is 9.74 Å². The Kier molecular flexibility index (Phi) is 6.34. The third kappa shape index (κ3) is 5.00. The molecule has 1 aromatic carbocycles. The molecular weight excluding hydrogens is 314 g/mol. The average Bonchev–Trinajstić information content (AvgIpc) is 2.70. The second kappa shape index (κ2) is 9.13. The summed E-state index contributed by atoms with van der Waals surface area (Å²) in [4.78, 5) is 18.7. The minimum Gasteiger partial charge on any atom is -0.396 e. The van der Waals surface area contributed by atoms with E-state index in [4.69, 9.17) is 4.84 Å². The number of anilines is 1. The van der Waals surface area contributed by atoms with Crippen LogP contribution >= 0.6 is 0 Å². The number of nitrogens with zero attached hydrogens (tertiary/aromatic N) is 5. The Hall–Kier alpha value is -2.47. The van der Waals surface area contributed by atoms with Crippen LogP contribution in [0.3, 0.4) is 0 Å². The van der Waals surface area contributed by atoms with E-state index in [-0.39, 0.29) is 0 Å². The fraction of sp³-hybridized carbons (Fsp3) is 0.421. The normalized spacial score (nSPS) is 16.0. The van der Waals surface area contributed by atoms with Crippen LogP contribution in [0, 0.1) is 0 Å².